The molecule has 1 atom stereocenters. The lowest BCUT2D eigenvalue weighted by Crippen LogP contribution is -2.54. The first-order chi connectivity index (χ1) is 18.6. The minimum atomic E-state index is -4.99. The molecule has 0 spiro atoms. The first-order valence-electron chi connectivity index (χ1n) is 12.8. The van der Waals surface area contributed by atoms with E-state index in [0.29, 0.717) is 60.7 Å². The highest BCUT2D eigenvalue weighted by molar-refractivity contribution is 6.11. The maximum atomic E-state index is 13.2. The quantitative estimate of drug-likeness (QED) is 0.433. The number of methoxy groups -OCH3 is 1. The third-order valence-electron chi connectivity index (χ3n) is 7.38. The lowest BCUT2D eigenvalue weighted by Gasteiger charge is -2.41. The molecule has 1 amide bonds. The number of aromatic amines is 1. The van der Waals surface area contributed by atoms with Crippen molar-refractivity contribution in [1.29, 1.82) is 5.26 Å². The molecule has 1 saturated heterocycles. The Balaban J connectivity index is 1.50. The van der Waals surface area contributed by atoms with E-state index in [-0.39, 0.29) is 23.3 Å². The first kappa shape index (κ1) is 26.7. The molecule has 0 unspecified atom stereocenters. The Kier molecular flexibility index (Phi) is 7.07. The van der Waals surface area contributed by atoms with E-state index in [4.69, 9.17) is 9.72 Å². The maximum Gasteiger partial charge on any atom is 0.454 e. The molecule has 39 heavy (non-hydrogen) atoms. The maximum absolute atomic E-state index is 13.2. The van der Waals surface area contributed by atoms with Crippen LogP contribution in [0.15, 0.2) is 30.5 Å². The summed E-state index contributed by atoms with van der Waals surface area (Å²) in [5.74, 6) is -1.16. The van der Waals surface area contributed by atoms with Gasteiger partial charge in [0.15, 0.2) is 0 Å². The largest absolute Gasteiger partial charge is 0.454 e. The number of hydrogen-bond acceptors (Lipinski definition) is 6. The monoisotopic (exact) mass is 539 g/mol. The predicted octanol–water partition coefficient (Wildman–Crippen LogP) is 4.80. The van der Waals surface area contributed by atoms with Crippen molar-refractivity contribution in [3.8, 4) is 17.2 Å². The zero-order valence-electron chi connectivity index (χ0n) is 21.6. The Morgan fingerprint density at radius 2 is 2.00 bits per heavy atom. The number of fused-ring (bicyclic) bond motifs is 1. The number of benzene rings is 1. The Labute approximate surface area is 223 Å². The van der Waals surface area contributed by atoms with Crippen molar-refractivity contribution in [2.45, 2.75) is 44.3 Å². The first-order valence-corrected chi connectivity index (χ1v) is 12.8. The molecular formula is C28H28F3N5O3. The van der Waals surface area contributed by atoms with Crippen LogP contribution in [-0.2, 0) is 9.53 Å². The van der Waals surface area contributed by atoms with Crippen LogP contribution in [0, 0.1) is 11.3 Å². The molecule has 8 nitrogen and oxygen atoms in total. The Morgan fingerprint density at radius 3 is 2.64 bits per heavy atom. The number of hydrogen-bond donors (Lipinski definition) is 1. The Bertz CT molecular complexity index is 1470. The fraction of sp³-hybridized carbons (Fsp3) is 0.429. The van der Waals surface area contributed by atoms with E-state index >= 15 is 0 Å². The number of rotatable bonds is 7. The molecule has 11 heteroatoms. The van der Waals surface area contributed by atoms with Crippen molar-refractivity contribution in [3.63, 3.8) is 0 Å². The van der Waals surface area contributed by atoms with Gasteiger partial charge in [-0.25, -0.2) is 4.98 Å². The molecule has 2 aromatic heterocycles. The summed E-state index contributed by atoms with van der Waals surface area (Å²) in [7, 11) is 1.56. The minimum absolute atomic E-state index is 0.0232. The number of nitrogens with zero attached hydrogens (tertiary/aromatic N) is 4. The van der Waals surface area contributed by atoms with E-state index in [1.807, 2.05) is 16.7 Å². The molecular weight excluding hydrogens is 511 g/mol. The van der Waals surface area contributed by atoms with E-state index in [2.05, 4.69) is 11.1 Å². The van der Waals surface area contributed by atoms with E-state index in [9.17, 15) is 28.0 Å². The third kappa shape index (κ3) is 5.21. The lowest BCUT2D eigenvalue weighted by molar-refractivity contribution is -0.134. The predicted molar refractivity (Wildman–Crippen MR) is 138 cm³/mol. The highest BCUT2D eigenvalue weighted by Crippen LogP contribution is 2.45. The van der Waals surface area contributed by atoms with Crippen LogP contribution in [0.1, 0.15) is 53.7 Å². The fourth-order valence-electron chi connectivity index (χ4n) is 5.22. The molecule has 1 aliphatic carbocycles. The number of nitrogens with one attached hydrogen (secondary N) is 1. The molecule has 3 aromatic rings. The normalized spacial score (nSPS) is 17.9. The number of nitriles is 1. The summed E-state index contributed by atoms with van der Waals surface area (Å²) in [6, 6.07) is 8.85. The van der Waals surface area contributed by atoms with Crippen LogP contribution in [-0.4, -0.2) is 72.1 Å². The summed E-state index contributed by atoms with van der Waals surface area (Å²) in [6.07, 6.45) is -1.75. The van der Waals surface area contributed by atoms with Crippen LogP contribution < -0.4 is 4.90 Å². The second-order valence-electron chi connectivity index (χ2n) is 10.1. The molecule has 0 bridgehead atoms. The standard InChI is InChI=1S/C28H28F3N5O3/c1-16-15-35(8-9-36(16)24(37)7-10-39-2)27-19(13-32)12-20(25(34-27)17-3-4-17)18-5-6-23-21(11-18)22(14-33-23)26(38)28(29,30)31/h5-6,11-12,14,16-17,33H,3-4,7-10,15H2,1-2H3/t16-/m1/s1. The summed E-state index contributed by atoms with van der Waals surface area (Å²) >= 11 is 0. The van der Waals surface area contributed by atoms with Gasteiger partial charge in [0.05, 0.1) is 29.8 Å². The molecule has 2 fully saturated rings. The zero-order chi connectivity index (χ0) is 27.9. The summed E-state index contributed by atoms with van der Waals surface area (Å²) in [6.45, 7) is 3.86. The third-order valence-corrected chi connectivity index (χ3v) is 7.38. The SMILES string of the molecule is COCCC(=O)N1CCN(c2nc(C3CC3)c(-c3ccc4[nH]cc(C(=O)C(F)(F)F)c4c3)cc2C#N)C[C@H]1C. The number of halogens is 3. The number of alkyl halides is 3. The fourth-order valence-corrected chi connectivity index (χ4v) is 5.22. The van der Waals surface area contributed by atoms with Crippen molar-refractivity contribution >= 4 is 28.4 Å². The van der Waals surface area contributed by atoms with Crippen LogP contribution >= 0.6 is 0 Å². The lowest BCUT2D eigenvalue weighted by atomic mass is 9.96. The number of piperazine rings is 1. The highest BCUT2D eigenvalue weighted by atomic mass is 19.4. The van der Waals surface area contributed by atoms with Gasteiger partial charge in [0, 0.05) is 61.4 Å². The van der Waals surface area contributed by atoms with Crippen LogP contribution in [0.3, 0.4) is 0 Å². The van der Waals surface area contributed by atoms with Crippen molar-refractivity contribution in [3.05, 3.63) is 47.3 Å². The van der Waals surface area contributed by atoms with E-state index in [0.717, 1.165) is 24.7 Å². The van der Waals surface area contributed by atoms with Gasteiger partial charge in [-0.3, -0.25) is 9.59 Å². The second-order valence-corrected chi connectivity index (χ2v) is 10.1. The molecule has 5 rings (SSSR count). The van der Waals surface area contributed by atoms with Gasteiger partial charge in [0.25, 0.3) is 5.78 Å². The number of amides is 1. The molecule has 0 radical (unpaired) electrons. The van der Waals surface area contributed by atoms with Gasteiger partial charge in [-0.2, -0.15) is 18.4 Å². The van der Waals surface area contributed by atoms with Gasteiger partial charge >= 0.3 is 6.18 Å². The number of H-pyrrole nitrogens is 1. The van der Waals surface area contributed by atoms with Crippen molar-refractivity contribution < 1.29 is 27.5 Å². The number of carbonyl (C=O) groups is 2. The average molecular weight is 540 g/mol. The topological polar surface area (TPSA) is 102 Å². The smallest absolute Gasteiger partial charge is 0.384 e. The number of pyridine rings is 1. The minimum Gasteiger partial charge on any atom is -0.384 e. The second kappa shape index (κ2) is 10.3. The van der Waals surface area contributed by atoms with Crippen molar-refractivity contribution in [1.82, 2.24) is 14.9 Å². The number of ketones is 1. The number of Topliss-reactive ketones (excluding diaryl/α,β-unsaturated/α-hetero) is 1. The summed E-state index contributed by atoms with van der Waals surface area (Å²) in [4.78, 5) is 36.1. The highest BCUT2D eigenvalue weighted by Gasteiger charge is 2.40. The molecule has 204 valence electrons. The number of aromatic nitrogens is 2. The van der Waals surface area contributed by atoms with E-state index in [1.54, 1.807) is 31.4 Å². The molecule has 1 saturated carbocycles. The molecule has 1 N–H and O–H groups in total. The summed E-state index contributed by atoms with van der Waals surface area (Å²) in [5.41, 5.74) is 2.38. The number of carbonyl (C=O) groups excluding carboxylic acids is 2. The van der Waals surface area contributed by atoms with Crippen LogP contribution in [0.25, 0.3) is 22.0 Å². The van der Waals surface area contributed by atoms with Gasteiger partial charge < -0.3 is 19.5 Å². The summed E-state index contributed by atoms with van der Waals surface area (Å²) in [5, 5.41) is 10.2. The number of anilines is 1. The summed E-state index contributed by atoms with van der Waals surface area (Å²) < 4.78 is 44.5. The molecule has 3 heterocycles. The Morgan fingerprint density at radius 1 is 1.23 bits per heavy atom. The van der Waals surface area contributed by atoms with Crippen LogP contribution in [0.4, 0.5) is 19.0 Å². The van der Waals surface area contributed by atoms with Gasteiger partial charge in [-0.05, 0) is 43.5 Å². The number of ether oxygens (including phenoxy) is 1. The zero-order valence-corrected chi connectivity index (χ0v) is 21.6. The van der Waals surface area contributed by atoms with Crippen LogP contribution in [0.2, 0.25) is 0 Å². The molecule has 2 aliphatic rings. The van der Waals surface area contributed by atoms with E-state index < -0.39 is 17.5 Å². The van der Waals surface area contributed by atoms with Gasteiger partial charge in [-0.15, -0.1) is 0 Å². The van der Waals surface area contributed by atoms with Crippen molar-refractivity contribution in [2.75, 3.05) is 38.3 Å². The molecule has 1 aromatic carbocycles. The van der Waals surface area contributed by atoms with Gasteiger partial charge in [-0.1, -0.05) is 6.07 Å². The Hall–Kier alpha value is -3.91. The van der Waals surface area contributed by atoms with Gasteiger partial charge in [0.2, 0.25) is 5.91 Å². The van der Waals surface area contributed by atoms with E-state index in [1.165, 1.54) is 0 Å². The van der Waals surface area contributed by atoms with Gasteiger partial charge in [0.1, 0.15) is 11.9 Å². The van der Waals surface area contributed by atoms with Crippen LogP contribution in [0.5, 0.6) is 0 Å². The van der Waals surface area contributed by atoms with Crippen molar-refractivity contribution in [2.24, 2.45) is 0 Å². The average Bonchev–Trinajstić information content (AvgIpc) is 3.68. The molecule has 1 aliphatic heterocycles.